The lowest BCUT2D eigenvalue weighted by molar-refractivity contribution is -0.119. The molecule has 0 aliphatic carbocycles. The van der Waals surface area contributed by atoms with Crippen LogP contribution in [0.3, 0.4) is 0 Å². The van der Waals surface area contributed by atoms with Crippen molar-refractivity contribution in [2.75, 3.05) is 11.1 Å². The molecule has 2 rings (SSSR count). The van der Waals surface area contributed by atoms with Gasteiger partial charge in [-0.1, -0.05) is 24.3 Å². The van der Waals surface area contributed by atoms with Crippen molar-refractivity contribution in [2.24, 2.45) is 0 Å². The highest BCUT2D eigenvalue weighted by molar-refractivity contribution is 8.00. The van der Waals surface area contributed by atoms with Crippen molar-refractivity contribution in [1.29, 1.82) is 0 Å². The van der Waals surface area contributed by atoms with Gasteiger partial charge in [0.05, 0.1) is 11.3 Å². The Kier molecular flexibility index (Phi) is 6.65. The monoisotopic (exact) mass is 356 g/mol. The normalized spacial score (nSPS) is 10.6. The Morgan fingerprint density at radius 2 is 1.76 bits per heavy atom. The van der Waals surface area contributed by atoms with Crippen LogP contribution in [0.4, 0.5) is 5.69 Å². The van der Waals surface area contributed by atoms with Crippen LogP contribution in [-0.2, 0) is 4.79 Å². The van der Waals surface area contributed by atoms with E-state index in [1.165, 1.54) is 11.8 Å². The van der Waals surface area contributed by atoms with Crippen molar-refractivity contribution in [3.8, 4) is 0 Å². The fraction of sp³-hybridized carbons (Fsp3) is 0.300. The molecule has 0 spiro atoms. The second-order valence-electron chi connectivity index (χ2n) is 6.21. The van der Waals surface area contributed by atoms with Crippen LogP contribution in [0, 0.1) is 13.8 Å². The Morgan fingerprint density at radius 1 is 1.04 bits per heavy atom. The second kappa shape index (κ2) is 8.72. The molecule has 0 bridgehead atoms. The topological polar surface area (TPSA) is 58.2 Å². The molecule has 2 N–H and O–H groups in total. The molecule has 0 atom stereocenters. The molecule has 0 saturated heterocycles. The first-order valence-corrected chi connectivity index (χ1v) is 9.25. The third kappa shape index (κ3) is 5.36. The van der Waals surface area contributed by atoms with Gasteiger partial charge in [0.2, 0.25) is 5.91 Å². The summed E-state index contributed by atoms with van der Waals surface area (Å²) >= 11 is 1.37. The number of carbonyl (C=O) groups excluding carboxylic acids is 2. The summed E-state index contributed by atoms with van der Waals surface area (Å²) in [6, 6.07) is 13.3. The number of carbonyl (C=O) groups is 2. The Bertz CT molecular complexity index is 772. The number of aryl methyl sites for hydroxylation is 1. The zero-order valence-corrected chi connectivity index (χ0v) is 15.9. The summed E-state index contributed by atoms with van der Waals surface area (Å²) in [6.45, 7) is 7.85. The van der Waals surface area contributed by atoms with Crippen LogP contribution in [-0.4, -0.2) is 23.6 Å². The molecule has 0 aliphatic rings. The van der Waals surface area contributed by atoms with E-state index in [4.69, 9.17) is 0 Å². The maximum Gasteiger partial charge on any atom is 0.256 e. The molecule has 0 aliphatic heterocycles. The molecule has 5 heteroatoms. The molecular formula is C20H24N2O2S. The van der Waals surface area contributed by atoms with E-state index in [9.17, 15) is 9.59 Å². The first kappa shape index (κ1) is 19.1. The summed E-state index contributed by atoms with van der Waals surface area (Å²) in [4.78, 5) is 25.3. The first-order valence-electron chi connectivity index (χ1n) is 8.27. The highest BCUT2D eigenvalue weighted by Crippen LogP contribution is 2.25. The van der Waals surface area contributed by atoms with E-state index in [1.54, 1.807) is 6.07 Å². The van der Waals surface area contributed by atoms with E-state index in [0.29, 0.717) is 5.56 Å². The Morgan fingerprint density at radius 3 is 2.48 bits per heavy atom. The molecule has 2 aromatic rings. The fourth-order valence-electron chi connectivity index (χ4n) is 2.36. The fourth-order valence-corrected chi connectivity index (χ4v) is 3.22. The second-order valence-corrected chi connectivity index (χ2v) is 7.23. The molecule has 0 aromatic heterocycles. The van der Waals surface area contributed by atoms with Crippen molar-refractivity contribution < 1.29 is 9.59 Å². The lowest BCUT2D eigenvalue weighted by Crippen LogP contribution is -2.31. The van der Waals surface area contributed by atoms with Gasteiger partial charge < -0.3 is 10.6 Å². The molecule has 0 fully saturated rings. The van der Waals surface area contributed by atoms with Crippen LogP contribution >= 0.6 is 11.8 Å². The van der Waals surface area contributed by atoms with E-state index >= 15 is 0 Å². The predicted molar refractivity (Wildman–Crippen MR) is 104 cm³/mol. The predicted octanol–water partition coefficient (Wildman–Crippen LogP) is 4.17. The lowest BCUT2D eigenvalue weighted by atomic mass is 10.1. The van der Waals surface area contributed by atoms with Crippen LogP contribution in [0.15, 0.2) is 47.4 Å². The smallest absolute Gasteiger partial charge is 0.256 e. The summed E-state index contributed by atoms with van der Waals surface area (Å²) in [6.07, 6.45) is 0. The third-order valence-electron chi connectivity index (χ3n) is 3.79. The van der Waals surface area contributed by atoms with E-state index in [1.807, 2.05) is 64.1 Å². The average Bonchev–Trinajstić information content (AvgIpc) is 2.56. The van der Waals surface area contributed by atoms with Gasteiger partial charge >= 0.3 is 0 Å². The van der Waals surface area contributed by atoms with Crippen molar-refractivity contribution in [3.63, 3.8) is 0 Å². The number of hydrogen-bond donors (Lipinski definition) is 2. The zero-order chi connectivity index (χ0) is 18.4. The van der Waals surface area contributed by atoms with Crippen LogP contribution < -0.4 is 10.6 Å². The molecule has 0 radical (unpaired) electrons. The molecule has 2 amide bonds. The first-order chi connectivity index (χ1) is 11.9. The zero-order valence-electron chi connectivity index (χ0n) is 15.1. The minimum atomic E-state index is -0.166. The number of amides is 2. The minimum absolute atomic E-state index is 0.0373. The Labute approximate surface area is 153 Å². The number of benzene rings is 2. The van der Waals surface area contributed by atoms with Gasteiger partial charge in [0, 0.05) is 16.6 Å². The van der Waals surface area contributed by atoms with Crippen LogP contribution in [0.2, 0.25) is 0 Å². The van der Waals surface area contributed by atoms with Crippen LogP contribution in [0.25, 0.3) is 0 Å². The van der Waals surface area contributed by atoms with E-state index < -0.39 is 0 Å². The molecule has 25 heavy (non-hydrogen) atoms. The summed E-state index contributed by atoms with van der Waals surface area (Å²) < 4.78 is 0. The van der Waals surface area contributed by atoms with E-state index in [-0.39, 0.29) is 23.6 Å². The highest BCUT2D eigenvalue weighted by Gasteiger charge is 2.14. The summed E-state index contributed by atoms with van der Waals surface area (Å²) in [5.74, 6) is 0.0807. The van der Waals surface area contributed by atoms with Gasteiger partial charge in [-0.25, -0.2) is 0 Å². The standard InChI is InChI=1S/C20H24N2O2S/c1-13(2)21-19(23)12-25-18-11-6-5-9-16(18)20(24)22-17-10-7-8-14(3)15(17)4/h5-11,13H,12H2,1-4H3,(H,21,23)(H,22,24). The average molecular weight is 356 g/mol. The van der Waals surface area contributed by atoms with Crippen molar-refractivity contribution >= 4 is 29.3 Å². The van der Waals surface area contributed by atoms with E-state index in [0.717, 1.165) is 21.7 Å². The van der Waals surface area contributed by atoms with Gasteiger partial charge in [0.25, 0.3) is 5.91 Å². The summed E-state index contributed by atoms with van der Waals surface area (Å²) in [7, 11) is 0. The molecule has 0 unspecified atom stereocenters. The maximum absolute atomic E-state index is 12.7. The number of rotatable bonds is 6. The molecule has 2 aromatic carbocycles. The maximum atomic E-state index is 12.7. The largest absolute Gasteiger partial charge is 0.353 e. The van der Waals surface area contributed by atoms with Gasteiger partial charge in [0.15, 0.2) is 0 Å². The number of nitrogens with one attached hydrogen (secondary N) is 2. The number of hydrogen-bond acceptors (Lipinski definition) is 3. The van der Waals surface area contributed by atoms with Crippen molar-refractivity contribution in [1.82, 2.24) is 5.32 Å². The van der Waals surface area contributed by atoms with Crippen molar-refractivity contribution in [2.45, 2.75) is 38.6 Å². The highest BCUT2D eigenvalue weighted by atomic mass is 32.2. The molecule has 132 valence electrons. The summed E-state index contributed by atoms with van der Waals surface area (Å²) in [5.41, 5.74) is 3.57. The quantitative estimate of drug-likeness (QED) is 0.764. The van der Waals surface area contributed by atoms with Gasteiger partial charge in [-0.15, -0.1) is 11.8 Å². The Hall–Kier alpha value is -2.27. The van der Waals surface area contributed by atoms with Crippen LogP contribution in [0.5, 0.6) is 0 Å². The summed E-state index contributed by atoms with van der Waals surface area (Å²) in [5, 5.41) is 5.83. The SMILES string of the molecule is Cc1cccc(NC(=O)c2ccccc2SCC(=O)NC(C)C)c1C. The molecule has 0 saturated carbocycles. The van der Waals surface area contributed by atoms with E-state index in [2.05, 4.69) is 10.6 Å². The lowest BCUT2D eigenvalue weighted by Gasteiger charge is -2.13. The minimum Gasteiger partial charge on any atom is -0.353 e. The molecular weight excluding hydrogens is 332 g/mol. The Balaban J connectivity index is 2.12. The van der Waals surface area contributed by atoms with Gasteiger partial charge in [-0.3, -0.25) is 9.59 Å². The van der Waals surface area contributed by atoms with Gasteiger partial charge in [0.1, 0.15) is 0 Å². The number of anilines is 1. The number of thioether (sulfide) groups is 1. The van der Waals surface area contributed by atoms with Crippen molar-refractivity contribution in [3.05, 3.63) is 59.2 Å². The molecule has 4 nitrogen and oxygen atoms in total. The third-order valence-corrected chi connectivity index (χ3v) is 4.87. The van der Waals surface area contributed by atoms with Crippen LogP contribution in [0.1, 0.15) is 35.3 Å². The van der Waals surface area contributed by atoms with Gasteiger partial charge in [-0.2, -0.15) is 0 Å². The van der Waals surface area contributed by atoms with Gasteiger partial charge in [-0.05, 0) is 57.0 Å². The molecule has 0 heterocycles.